The molecule has 0 unspecified atom stereocenters. The molecule has 0 spiro atoms. The minimum atomic E-state index is -0.645. The van der Waals surface area contributed by atoms with Crippen LogP contribution in [-0.2, 0) is 0 Å². The lowest BCUT2D eigenvalue weighted by Gasteiger charge is -2.41. The monoisotopic (exact) mass is 311 g/mol. The number of hydrogen-bond donors (Lipinski definition) is 5. The van der Waals surface area contributed by atoms with Crippen LogP contribution in [0.2, 0.25) is 0 Å². The second kappa shape index (κ2) is 6.27. The fraction of sp³-hybridized carbons (Fsp3) is 0.333. The quantitative estimate of drug-likeness (QED) is 0.335. The molecule has 0 heterocycles. The highest BCUT2D eigenvalue weighted by atomic mass is 16.3. The van der Waals surface area contributed by atoms with E-state index in [-0.39, 0.29) is 23.3 Å². The maximum Gasteiger partial charge on any atom is 0.126 e. The molecule has 1 aliphatic rings. The lowest BCUT2D eigenvalue weighted by Crippen LogP contribution is -2.53. The van der Waals surface area contributed by atoms with Crippen LogP contribution in [0.25, 0.3) is 0 Å². The van der Waals surface area contributed by atoms with E-state index in [2.05, 4.69) is 11.2 Å². The smallest absolute Gasteiger partial charge is 0.126 e. The maximum absolute atomic E-state index is 9.97. The predicted octanol–water partition coefficient (Wildman–Crippen LogP) is 2.17. The largest absolute Gasteiger partial charge is 0.507 e. The molecule has 120 valence electrons. The van der Waals surface area contributed by atoms with Crippen LogP contribution >= 0.6 is 0 Å². The summed E-state index contributed by atoms with van der Waals surface area (Å²) in [5.41, 5.74) is 0.966. The Morgan fingerprint density at radius 1 is 1.43 bits per heavy atom. The van der Waals surface area contributed by atoms with Crippen molar-refractivity contribution in [3.05, 3.63) is 41.0 Å². The molecule has 0 amide bonds. The van der Waals surface area contributed by atoms with Crippen molar-refractivity contribution in [3.63, 3.8) is 0 Å². The molecule has 0 aromatic heterocycles. The Morgan fingerprint density at radius 3 is 2.61 bits per heavy atom. The number of rotatable bonds is 4. The third-order valence-electron chi connectivity index (χ3n) is 3.92. The average Bonchev–Trinajstić information content (AvgIpc) is 2.44. The molecule has 1 aromatic carbocycles. The number of amidine groups is 1. The van der Waals surface area contributed by atoms with Crippen molar-refractivity contribution >= 4 is 11.5 Å². The molecule has 0 saturated heterocycles. The van der Waals surface area contributed by atoms with Crippen LogP contribution in [0.5, 0.6) is 5.75 Å². The van der Waals surface area contributed by atoms with E-state index in [9.17, 15) is 10.2 Å². The molecular weight excluding hydrogens is 290 g/mol. The van der Waals surface area contributed by atoms with E-state index in [0.29, 0.717) is 29.5 Å². The van der Waals surface area contributed by atoms with Crippen molar-refractivity contribution in [1.29, 1.82) is 10.8 Å². The molecular formula is C18H21N3O2. The third-order valence-corrected chi connectivity index (χ3v) is 3.92. The van der Waals surface area contributed by atoms with Gasteiger partial charge in [-0.05, 0) is 56.5 Å². The zero-order valence-electron chi connectivity index (χ0n) is 13.3. The van der Waals surface area contributed by atoms with Gasteiger partial charge in [-0.2, -0.15) is 0 Å². The van der Waals surface area contributed by atoms with Gasteiger partial charge in [-0.3, -0.25) is 10.8 Å². The number of terminal acetylenes is 1. The number of allylic oxidation sites excluding steroid dienone is 1. The van der Waals surface area contributed by atoms with Gasteiger partial charge in [0.05, 0.1) is 11.3 Å². The first kappa shape index (κ1) is 16.8. The summed E-state index contributed by atoms with van der Waals surface area (Å²) in [5.74, 6) is 2.57. The topological polar surface area (TPSA) is 100 Å². The molecule has 2 rings (SSSR count). The third kappa shape index (κ3) is 3.99. The summed E-state index contributed by atoms with van der Waals surface area (Å²) >= 11 is 0. The summed E-state index contributed by atoms with van der Waals surface area (Å²) in [4.78, 5) is 0. The first-order chi connectivity index (χ1) is 10.7. The Bertz CT molecular complexity index is 718. The van der Waals surface area contributed by atoms with Gasteiger partial charge in [0.25, 0.3) is 0 Å². The van der Waals surface area contributed by atoms with Gasteiger partial charge in [0.2, 0.25) is 0 Å². The van der Waals surface area contributed by atoms with E-state index in [0.717, 1.165) is 0 Å². The second-order valence-electron chi connectivity index (χ2n) is 6.24. The van der Waals surface area contributed by atoms with Crippen LogP contribution < -0.4 is 5.32 Å². The summed E-state index contributed by atoms with van der Waals surface area (Å²) < 4.78 is 0. The molecule has 0 bridgehead atoms. The van der Waals surface area contributed by atoms with Gasteiger partial charge in [-0.25, -0.2) is 0 Å². The molecule has 1 saturated carbocycles. The van der Waals surface area contributed by atoms with Gasteiger partial charge < -0.3 is 15.5 Å². The normalized spacial score (nSPS) is 23.6. The fourth-order valence-corrected chi connectivity index (χ4v) is 2.70. The van der Waals surface area contributed by atoms with Gasteiger partial charge in [0, 0.05) is 17.2 Å². The van der Waals surface area contributed by atoms with Crippen molar-refractivity contribution < 1.29 is 10.2 Å². The molecule has 0 aliphatic heterocycles. The zero-order chi connectivity index (χ0) is 17.2. The molecule has 23 heavy (non-hydrogen) atoms. The molecule has 5 N–H and O–H groups in total. The maximum atomic E-state index is 9.97. The van der Waals surface area contributed by atoms with E-state index in [1.54, 1.807) is 32.1 Å². The first-order valence-electron chi connectivity index (χ1n) is 7.36. The van der Waals surface area contributed by atoms with Crippen molar-refractivity contribution in [2.45, 2.75) is 38.3 Å². The van der Waals surface area contributed by atoms with E-state index in [1.165, 1.54) is 6.07 Å². The molecule has 5 nitrogen and oxygen atoms in total. The van der Waals surface area contributed by atoms with Gasteiger partial charge in [-0.1, -0.05) is 5.92 Å². The van der Waals surface area contributed by atoms with Crippen LogP contribution in [0.3, 0.4) is 0 Å². The van der Waals surface area contributed by atoms with Crippen molar-refractivity contribution in [3.8, 4) is 18.1 Å². The Hall–Kier alpha value is -2.58. The zero-order valence-corrected chi connectivity index (χ0v) is 13.3. The Kier molecular flexibility index (Phi) is 4.57. The van der Waals surface area contributed by atoms with E-state index >= 15 is 0 Å². The summed E-state index contributed by atoms with van der Waals surface area (Å²) in [7, 11) is 0. The molecule has 5 heteroatoms. The lowest BCUT2D eigenvalue weighted by molar-refractivity contribution is -0.0339. The van der Waals surface area contributed by atoms with Crippen molar-refractivity contribution in [1.82, 2.24) is 5.32 Å². The highest BCUT2D eigenvalue weighted by molar-refractivity contribution is 6.14. The number of aliphatic hydroxyl groups is 1. The van der Waals surface area contributed by atoms with Gasteiger partial charge in [0.15, 0.2) is 0 Å². The van der Waals surface area contributed by atoms with Gasteiger partial charge in [-0.15, -0.1) is 6.42 Å². The number of phenolic OH excluding ortho intramolecular Hbond substituents is 1. The Morgan fingerprint density at radius 2 is 2.09 bits per heavy atom. The average molecular weight is 311 g/mol. The van der Waals surface area contributed by atoms with Crippen LogP contribution in [0.4, 0.5) is 0 Å². The Balaban J connectivity index is 2.04. The first-order valence-corrected chi connectivity index (χ1v) is 7.36. The minimum Gasteiger partial charge on any atom is -0.507 e. The van der Waals surface area contributed by atoms with Crippen LogP contribution in [0.1, 0.15) is 37.8 Å². The van der Waals surface area contributed by atoms with Crippen LogP contribution in [0.15, 0.2) is 29.8 Å². The number of aromatic hydroxyl groups is 1. The highest BCUT2D eigenvalue weighted by Gasteiger charge is 2.38. The minimum absolute atomic E-state index is 0.0484. The lowest BCUT2D eigenvalue weighted by atomic mass is 9.77. The molecule has 0 radical (unpaired) electrons. The number of hydrogen-bond acceptors (Lipinski definition) is 4. The number of phenols is 1. The standard InChI is InChI=1S/C18H21N3O2/c1-4-12-5-6-14(15(22)8-12)17(20)11(2)7-16(19)21-13-9-18(3,23)10-13/h1,5-8,13,20,22-23H,9-10H2,2-3H3,(H2,19,21)/b11-7-,20-17?/t13-,18+. The summed E-state index contributed by atoms with van der Waals surface area (Å²) in [6.07, 6.45) is 8.03. The molecule has 1 aliphatic carbocycles. The second-order valence-corrected chi connectivity index (χ2v) is 6.24. The fourth-order valence-electron chi connectivity index (χ4n) is 2.70. The van der Waals surface area contributed by atoms with Gasteiger partial charge >= 0.3 is 0 Å². The van der Waals surface area contributed by atoms with Crippen molar-refractivity contribution in [2.24, 2.45) is 0 Å². The van der Waals surface area contributed by atoms with E-state index in [4.69, 9.17) is 17.2 Å². The van der Waals surface area contributed by atoms with Crippen molar-refractivity contribution in [2.75, 3.05) is 0 Å². The SMILES string of the molecule is C#Cc1ccc(C(=N)/C(C)=C\C(=N)N[C@H]2C[C@@](C)(O)C2)c(O)c1. The molecule has 1 aromatic rings. The molecule has 0 atom stereocenters. The van der Waals surface area contributed by atoms with Crippen LogP contribution in [-0.4, -0.2) is 33.4 Å². The summed E-state index contributed by atoms with van der Waals surface area (Å²) in [6.45, 7) is 3.48. The Labute approximate surface area is 136 Å². The predicted molar refractivity (Wildman–Crippen MR) is 91.1 cm³/mol. The summed E-state index contributed by atoms with van der Waals surface area (Å²) in [6, 6.07) is 4.79. The summed E-state index contributed by atoms with van der Waals surface area (Å²) in [5, 5.41) is 38.7. The number of benzene rings is 1. The molecule has 1 fully saturated rings. The van der Waals surface area contributed by atoms with Gasteiger partial charge in [0.1, 0.15) is 11.6 Å². The highest BCUT2D eigenvalue weighted by Crippen LogP contribution is 2.31. The van der Waals surface area contributed by atoms with E-state index < -0.39 is 5.60 Å². The van der Waals surface area contributed by atoms with Crippen LogP contribution in [0, 0.1) is 23.2 Å². The van der Waals surface area contributed by atoms with E-state index in [1.807, 2.05) is 0 Å². The number of nitrogens with one attached hydrogen (secondary N) is 3.